The highest BCUT2D eigenvalue weighted by Gasteiger charge is 2.28. The van der Waals surface area contributed by atoms with Crippen molar-refractivity contribution in [2.45, 2.75) is 31.8 Å². The summed E-state index contributed by atoms with van der Waals surface area (Å²) in [4.78, 5) is 2.38. The number of ether oxygens (including phenoxy) is 1. The fourth-order valence-electron chi connectivity index (χ4n) is 2.36. The van der Waals surface area contributed by atoms with E-state index in [0.717, 1.165) is 24.4 Å². The Labute approximate surface area is 126 Å². The Bertz CT molecular complexity index is 576. The highest BCUT2D eigenvalue weighted by molar-refractivity contribution is 5.48. The number of hydrogen-bond acceptors (Lipinski definition) is 4. The number of methoxy groups -OCH3 is 1. The quantitative estimate of drug-likeness (QED) is 0.810. The van der Waals surface area contributed by atoms with E-state index in [2.05, 4.69) is 34.9 Å². The van der Waals surface area contributed by atoms with Gasteiger partial charge in [0.1, 0.15) is 5.75 Å². The fourth-order valence-corrected chi connectivity index (χ4v) is 2.36. The summed E-state index contributed by atoms with van der Waals surface area (Å²) in [5.41, 5.74) is 7.50. The van der Waals surface area contributed by atoms with E-state index in [-0.39, 0.29) is 0 Å². The van der Waals surface area contributed by atoms with Gasteiger partial charge in [-0.1, -0.05) is 17.9 Å². The molecule has 0 aliphatic heterocycles. The Kier molecular flexibility index (Phi) is 5.63. The zero-order chi connectivity index (χ0) is 15.1. The smallest absolute Gasteiger partial charge is 0.134 e. The van der Waals surface area contributed by atoms with Crippen LogP contribution in [-0.4, -0.2) is 31.1 Å². The lowest BCUT2D eigenvalue weighted by atomic mass is 10.1. The van der Waals surface area contributed by atoms with Gasteiger partial charge in [0.15, 0.2) is 0 Å². The van der Waals surface area contributed by atoms with Crippen LogP contribution in [0.25, 0.3) is 0 Å². The number of nitrogens with two attached hydrogens (primary N) is 1. The third kappa shape index (κ3) is 4.49. The van der Waals surface area contributed by atoms with Gasteiger partial charge in [-0.3, -0.25) is 4.90 Å². The van der Waals surface area contributed by atoms with Crippen LogP contribution in [0.2, 0.25) is 0 Å². The molecule has 0 atom stereocenters. The maximum absolute atomic E-state index is 8.77. The summed E-state index contributed by atoms with van der Waals surface area (Å²) in [5, 5.41) is 8.77. The van der Waals surface area contributed by atoms with E-state index in [1.54, 1.807) is 7.11 Å². The molecule has 2 N–H and O–H groups in total. The Morgan fingerprint density at radius 2 is 2.24 bits per heavy atom. The van der Waals surface area contributed by atoms with Crippen LogP contribution < -0.4 is 10.5 Å². The molecule has 1 aliphatic rings. The van der Waals surface area contributed by atoms with Crippen molar-refractivity contribution in [1.82, 2.24) is 4.90 Å². The summed E-state index contributed by atoms with van der Waals surface area (Å²) in [6, 6.07) is 8.94. The molecular formula is C17H21N3O. The highest BCUT2D eigenvalue weighted by atomic mass is 16.5. The largest absolute Gasteiger partial charge is 0.495 e. The standard InChI is InChI=1S/C17H21N3O/c1-21-17-8-5-14(12-15(17)4-2-9-18)13-20(11-3-10-19)16-6-7-16/h5,8,12,16H,3,6-7,9,11,13,18H2,1H3. The Morgan fingerprint density at radius 1 is 1.43 bits per heavy atom. The van der Waals surface area contributed by atoms with Gasteiger partial charge in [0.05, 0.1) is 25.3 Å². The molecule has 0 unspecified atom stereocenters. The van der Waals surface area contributed by atoms with Gasteiger partial charge in [0, 0.05) is 25.6 Å². The van der Waals surface area contributed by atoms with E-state index in [4.69, 9.17) is 15.7 Å². The van der Waals surface area contributed by atoms with Crippen molar-refractivity contribution in [2.24, 2.45) is 5.73 Å². The zero-order valence-electron chi connectivity index (χ0n) is 12.4. The molecule has 4 nitrogen and oxygen atoms in total. The van der Waals surface area contributed by atoms with Crippen LogP contribution >= 0.6 is 0 Å². The minimum absolute atomic E-state index is 0.337. The molecule has 1 saturated carbocycles. The summed E-state index contributed by atoms with van der Waals surface area (Å²) < 4.78 is 5.33. The van der Waals surface area contributed by atoms with Crippen LogP contribution in [0.3, 0.4) is 0 Å². The van der Waals surface area contributed by atoms with Gasteiger partial charge >= 0.3 is 0 Å². The Hall–Kier alpha value is -2.01. The van der Waals surface area contributed by atoms with Gasteiger partial charge in [0.25, 0.3) is 0 Å². The molecule has 21 heavy (non-hydrogen) atoms. The third-order valence-corrected chi connectivity index (χ3v) is 3.55. The van der Waals surface area contributed by atoms with Crippen LogP contribution in [0.1, 0.15) is 30.4 Å². The summed E-state index contributed by atoms with van der Waals surface area (Å²) in [7, 11) is 1.64. The first kappa shape index (κ1) is 15.4. The van der Waals surface area contributed by atoms with E-state index in [9.17, 15) is 0 Å². The van der Waals surface area contributed by atoms with Gasteiger partial charge in [-0.2, -0.15) is 5.26 Å². The number of rotatable bonds is 6. The van der Waals surface area contributed by atoms with Crippen molar-refractivity contribution in [1.29, 1.82) is 5.26 Å². The topological polar surface area (TPSA) is 62.3 Å². The first-order valence-corrected chi connectivity index (χ1v) is 7.25. The van der Waals surface area contributed by atoms with E-state index in [1.807, 2.05) is 6.07 Å². The van der Waals surface area contributed by atoms with E-state index in [0.29, 0.717) is 19.0 Å². The molecule has 0 aromatic heterocycles. The summed E-state index contributed by atoms with van der Waals surface area (Å²) >= 11 is 0. The summed E-state index contributed by atoms with van der Waals surface area (Å²) in [5.74, 6) is 6.70. The molecule has 0 bridgehead atoms. The molecular weight excluding hydrogens is 262 g/mol. The summed E-state index contributed by atoms with van der Waals surface area (Å²) in [6.45, 7) is 2.02. The molecule has 1 aromatic rings. The predicted octanol–water partition coefficient (Wildman–Crippen LogP) is 1.88. The normalized spacial score (nSPS) is 13.4. The lowest BCUT2D eigenvalue weighted by Gasteiger charge is -2.21. The second-order valence-electron chi connectivity index (χ2n) is 5.15. The van der Waals surface area contributed by atoms with Gasteiger partial charge in [0.2, 0.25) is 0 Å². The van der Waals surface area contributed by atoms with Gasteiger partial charge < -0.3 is 10.5 Å². The second kappa shape index (κ2) is 7.69. The first-order valence-electron chi connectivity index (χ1n) is 7.25. The van der Waals surface area contributed by atoms with Crippen molar-refractivity contribution in [2.75, 3.05) is 20.2 Å². The second-order valence-corrected chi connectivity index (χ2v) is 5.15. The Morgan fingerprint density at radius 3 is 2.86 bits per heavy atom. The Balaban J connectivity index is 2.13. The average Bonchev–Trinajstić information content (AvgIpc) is 3.34. The molecule has 1 fully saturated rings. The summed E-state index contributed by atoms with van der Waals surface area (Å²) in [6.07, 6.45) is 3.05. The monoisotopic (exact) mass is 283 g/mol. The molecule has 0 amide bonds. The first-order chi connectivity index (χ1) is 10.3. The number of hydrogen-bond donors (Lipinski definition) is 1. The van der Waals surface area contributed by atoms with Crippen LogP contribution in [0.5, 0.6) is 5.75 Å². The maximum atomic E-state index is 8.77. The minimum Gasteiger partial charge on any atom is -0.495 e. The minimum atomic E-state index is 0.337. The average molecular weight is 283 g/mol. The van der Waals surface area contributed by atoms with Crippen LogP contribution in [0, 0.1) is 23.2 Å². The van der Waals surface area contributed by atoms with E-state index < -0.39 is 0 Å². The number of nitrogens with zero attached hydrogens (tertiary/aromatic N) is 2. The highest BCUT2D eigenvalue weighted by Crippen LogP contribution is 2.29. The van der Waals surface area contributed by atoms with Crippen molar-refractivity contribution < 1.29 is 4.74 Å². The van der Waals surface area contributed by atoms with Crippen molar-refractivity contribution in [3.63, 3.8) is 0 Å². The molecule has 110 valence electrons. The SMILES string of the molecule is COc1ccc(CN(CCC#N)C2CC2)cc1C#CCN. The molecule has 0 spiro atoms. The predicted molar refractivity (Wildman–Crippen MR) is 82.6 cm³/mol. The molecule has 1 aromatic carbocycles. The van der Waals surface area contributed by atoms with E-state index in [1.165, 1.54) is 18.4 Å². The molecule has 0 heterocycles. The number of nitriles is 1. The molecule has 0 radical (unpaired) electrons. The van der Waals surface area contributed by atoms with Gasteiger partial charge in [-0.15, -0.1) is 0 Å². The van der Waals surface area contributed by atoms with E-state index >= 15 is 0 Å². The van der Waals surface area contributed by atoms with Crippen LogP contribution in [-0.2, 0) is 6.54 Å². The molecule has 1 aliphatic carbocycles. The third-order valence-electron chi connectivity index (χ3n) is 3.55. The van der Waals surface area contributed by atoms with Crippen molar-refractivity contribution in [3.8, 4) is 23.7 Å². The lowest BCUT2D eigenvalue weighted by Crippen LogP contribution is -2.26. The number of benzene rings is 1. The molecule has 0 saturated heterocycles. The van der Waals surface area contributed by atoms with Crippen molar-refractivity contribution in [3.05, 3.63) is 29.3 Å². The van der Waals surface area contributed by atoms with Gasteiger partial charge in [-0.05, 0) is 30.5 Å². The van der Waals surface area contributed by atoms with Gasteiger partial charge in [-0.25, -0.2) is 0 Å². The fraction of sp³-hybridized carbons (Fsp3) is 0.471. The van der Waals surface area contributed by atoms with Crippen LogP contribution in [0.15, 0.2) is 18.2 Å². The zero-order valence-corrected chi connectivity index (χ0v) is 12.4. The molecule has 4 heteroatoms. The lowest BCUT2D eigenvalue weighted by molar-refractivity contribution is 0.261. The molecule has 2 rings (SSSR count). The van der Waals surface area contributed by atoms with Crippen LogP contribution in [0.4, 0.5) is 0 Å². The maximum Gasteiger partial charge on any atom is 0.134 e. The van der Waals surface area contributed by atoms with Crippen molar-refractivity contribution >= 4 is 0 Å².